The molecule has 0 bridgehead atoms. The van der Waals surface area contributed by atoms with Crippen LogP contribution in [0.15, 0.2) is 27.6 Å². The summed E-state index contributed by atoms with van der Waals surface area (Å²) in [6.07, 6.45) is 0. The van der Waals surface area contributed by atoms with E-state index < -0.39 is 10.0 Å². The first-order valence-corrected chi connectivity index (χ1v) is 8.14. The van der Waals surface area contributed by atoms with Crippen molar-refractivity contribution >= 4 is 26.0 Å². The van der Waals surface area contributed by atoms with E-state index in [0.717, 1.165) is 5.56 Å². The van der Waals surface area contributed by atoms with Crippen LogP contribution in [0.4, 0.5) is 0 Å². The molecular weight excluding hydrogens is 334 g/mol. The molecule has 1 aromatic carbocycles. The van der Waals surface area contributed by atoms with Gasteiger partial charge in [0.25, 0.3) is 10.0 Å². The zero-order valence-electron chi connectivity index (χ0n) is 10.3. The van der Waals surface area contributed by atoms with Crippen molar-refractivity contribution in [1.82, 2.24) is 9.84 Å². The van der Waals surface area contributed by atoms with Gasteiger partial charge in [-0.25, -0.2) is 13.4 Å². The number of rotatable bonds is 4. The topological polar surface area (TPSA) is 84.7 Å². The monoisotopic (exact) mass is 349 g/mol. The Balaban J connectivity index is 2.18. The molecule has 0 unspecified atom stereocenters. The standard InChI is InChI=1S/C11H16BrN3O3S/c12-10-7-9(8-13)1-2-11(10)19(16,17)14-15-3-5-18-6-4-15/h1-2,7,14H,3-6,8,13H2. The van der Waals surface area contributed by atoms with Crippen molar-refractivity contribution in [2.45, 2.75) is 11.4 Å². The Hall–Kier alpha value is -0.510. The van der Waals surface area contributed by atoms with Gasteiger partial charge in [0, 0.05) is 24.1 Å². The van der Waals surface area contributed by atoms with Crippen LogP contribution >= 0.6 is 15.9 Å². The van der Waals surface area contributed by atoms with Gasteiger partial charge < -0.3 is 10.5 Å². The minimum absolute atomic E-state index is 0.205. The summed E-state index contributed by atoms with van der Waals surface area (Å²) in [5, 5.41) is 1.64. The van der Waals surface area contributed by atoms with Gasteiger partial charge in [-0.2, -0.15) is 0 Å². The fraction of sp³-hybridized carbons (Fsp3) is 0.455. The molecular formula is C11H16BrN3O3S. The van der Waals surface area contributed by atoms with E-state index in [1.807, 2.05) is 0 Å². The summed E-state index contributed by atoms with van der Waals surface area (Å²) >= 11 is 3.27. The maximum absolute atomic E-state index is 12.3. The average molecular weight is 350 g/mol. The molecule has 2 rings (SSSR count). The molecule has 106 valence electrons. The molecule has 19 heavy (non-hydrogen) atoms. The minimum Gasteiger partial charge on any atom is -0.379 e. The zero-order valence-corrected chi connectivity index (χ0v) is 12.7. The number of hydrogen-bond donors (Lipinski definition) is 2. The Kier molecular flexibility index (Phi) is 4.93. The highest BCUT2D eigenvalue weighted by Gasteiger charge is 2.22. The summed E-state index contributed by atoms with van der Waals surface area (Å²) in [4.78, 5) is 2.76. The number of nitrogens with two attached hydrogens (primary N) is 1. The predicted molar refractivity (Wildman–Crippen MR) is 74.7 cm³/mol. The van der Waals surface area contributed by atoms with E-state index in [4.69, 9.17) is 10.5 Å². The van der Waals surface area contributed by atoms with Gasteiger partial charge in [0.05, 0.1) is 18.1 Å². The highest BCUT2D eigenvalue weighted by molar-refractivity contribution is 9.10. The van der Waals surface area contributed by atoms with Crippen LogP contribution in [-0.4, -0.2) is 39.7 Å². The van der Waals surface area contributed by atoms with Crippen molar-refractivity contribution < 1.29 is 13.2 Å². The van der Waals surface area contributed by atoms with Crippen molar-refractivity contribution in [2.75, 3.05) is 26.3 Å². The summed E-state index contributed by atoms with van der Waals surface area (Å²) < 4.78 is 30.2. The molecule has 8 heteroatoms. The SMILES string of the molecule is NCc1ccc(S(=O)(=O)NN2CCOCC2)c(Br)c1. The van der Waals surface area contributed by atoms with Gasteiger partial charge in [-0.05, 0) is 33.6 Å². The lowest BCUT2D eigenvalue weighted by Gasteiger charge is -2.26. The van der Waals surface area contributed by atoms with E-state index in [1.54, 1.807) is 23.2 Å². The van der Waals surface area contributed by atoms with Crippen LogP contribution in [-0.2, 0) is 21.3 Å². The van der Waals surface area contributed by atoms with Crippen LogP contribution in [0.25, 0.3) is 0 Å². The summed E-state index contributed by atoms with van der Waals surface area (Å²) in [6, 6.07) is 4.97. The van der Waals surface area contributed by atoms with Gasteiger partial charge in [-0.3, -0.25) is 0 Å². The first-order valence-electron chi connectivity index (χ1n) is 5.86. The number of sulfonamides is 1. The zero-order chi connectivity index (χ0) is 13.9. The molecule has 1 heterocycles. The third kappa shape index (κ3) is 3.74. The number of morpholine rings is 1. The van der Waals surface area contributed by atoms with E-state index in [-0.39, 0.29) is 4.90 Å². The fourth-order valence-corrected chi connectivity index (χ4v) is 4.01. The summed E-state index contributed by atoms with van der Waals surface area (Å²) in [6.45, 7) is 2.50. The van der Waals surface area contributed by atoms with Crippen LogP contribution in [0.3, 0.4) is 0 Å². The third-order valence-electron chi connectivity index (χ3n) is 2.78. The second kappa shape index (κ2) is 6.29. The lowest BCUT2D eigenvalue weighted by molar-refractivity contribution is 0.0272. The molecule has 1 saturated heterocycles. The lowest BCUT2D eigenvalue weighted by atomic mass is 10.2. The molecule has 1 aliphatic rings. The molecule has 3 N–H and O–H groups in total. The number of hydrogen-bond acceptors (Lipinski definition) is 5. The number of nitrogens with zero attached hydrogens (tertiary/aromatic N) is 1. The van der Waals surface area contributed by atoms with Crippen LogP contribution in [0.5, 0.6) is 0 Å². The van der Waals surface area contributed by atoms with Gasteiger partial charge in [0.15, 0.2) is 0 Å². The lowest BCUT2D eigenvalue weighted by Crippen LogP contribution is -2.48. The highest BCUT2D eigenvalue weighted by Crippen LogP contribution is 2.23. The quantitative estimate of drug-likeness (QED) is 0.823. The molecule has 0 radical (unpaired) electrons. The van der Waals surface area contributed by atoms with Crippen molar-refractivity contribution in [3.63, 3.8) is 0 Å². The van der Waals surface area contributed by atoms with E-state index in [9.17, 15) is 8.42 Å². The van der Waals surface area contributed by atoms with E-state index >= 15 is 0 Å². The van der Waals surface area contributed by atoms with Crippen LogP contribution in [0, 0.1) is 0 Å². The average Bonchev–Trinajstić information content (AvgIpc) is 2.38. The van der Waals surface area contributed by atoms with Crippen molar-refractivity contribution in [2.24, 2.45) is 5.73 Å². The molecule has 1 aliphatic heterocycles. The van der Waals surface area contributed by atoms with Crippen LogP contribution in [0.2, 0.25) is 0 Å². The Morgan fingerprint density at radius 3 is 2.63 bits per heavy atom. The molecule has 0 aliphatic carbocycles. The van der Waals surface area contributed by atoms with Crippen molar-refractivity contribution in [3.05, 3.63) is 28.2 Å². The molecule has 1 fully saturated rings. The first-order chi connectivity index (χ1) is 9.03. The third-order valence-corrected chi connectivity index (χ3v) is 5.13. The maximum atomic E-state index is 12.3. The summed E-state index contributed by atoms with van der Waals surface area (Å²) in [5.74, 6) is 0. The van der Waals surface area contributed by atoms with E-state index in [2.05, 4.69) is 20.8 Å². The molecule has 1 aromatic rings. The number of hydrazine groups is 1. The summed E-state index contributed by atoms with van der Waals surface area (Å²) in [7, 11) is -3.58. The molecule has 0 atom stereocenters. The Labute approximate surface area is 121 Å². The Morgan fingerprint density at radius 1 is 1.37 bits per heavy atom. The Morgan fingerprint density at radius 2 is 2.05 bits per heavy atom. The van der Waals surface area contributed by atoms with Crippen LogP contribution in [0.1, 0.15) is 5.56 Å². The molecule has 0 amide bonds. The predicted octanol–water partition coefficient (Wildman–Crippen LogP) is 0.433. The first kappa shape index (κ1) is 14.9. The van der Waals surface area contributed by atoms with Crippen molar-refractivity contribution in [3.8, 4) is 0 Å². The molecule has 0 saturated carbocycles. The largest absolute Gasteiger partial charge is 0.379 e. The van der Waals surface area contributed by atoms with Gasteiger partial charge in [0.2, 0.25) is 0 Å². The smallest absolute Gasteiger partial charge is 0.254 e. The Bertz CT molecular complexity index is 544. The maximum Gasteiger partial charge on any atom is 0.254 e. The molecule has 0 spiro atoms. The van der Waals surface area contributed by atoms with Gasteiger partial charge >= 0.3 is 0 Å². The van der Waals surface area contributed by atoms with E-state index in [1.165, 1.54) is 0 Å². The van der Waals surface area contributed by atoms with E-state index in [0.29, 0.717) is 37.3 Å². The number of halogens is 1. The minimum atomic E-state index is -3.58. The second-order valence-corrected chi connectivity index (χ2v) is 6.65. The van der Waals surface area contributed by atoms with Gasteiger partial charge in [-0.1, -0.05) is 6.07 Å². The molecule has 6 nitrogen and oxygen atoms in total. The van der Waals surface area contributed by atoms with Gasteiger partial charge in [-0.15, -0.1) is 4.83 Å². The summed E-state index contributed by atoms with van der Waals surface area (Å²) in [5.41, 5.74) is 6.39. The van der Waals surface area contributed by atoms with Gasteiger partial charge in [0.1, 0.15) is 0 Å². The number of benzene rings is 1. The fourth-order valence-electron chi connectivity index (χ4n) is 1.76. The second-order valence-electron chi connectivity index (χ2n) is 4.16. The number of nitrogens with one attached hydrogen (secondary N) is 1. The molecule has 0 aromatic heterocycles. The van der Waals surface area contributed by atoms with Crippen LogP contribution < -0.4 is 10.6 Å². The highest BCUT2D eigenvalue weighted by atomic mass is 79.9. The number of ether oxygens (including phenoxy) is 1. The van der Waals surface area contributed by atoms with Crippen molar-refractivity contribution in [1.29, 1.82) is 0 Å². The normalized spacial score (nSPS) is 17.6.